The van der Waals surface area contributed by atoms with E-state index in [1.54, 1.807) is 18.2 Å². The predicted molar refractivity (Wildman–Crippen MR) is 130 cm³/mol. The van der Waals surface area contributed by atoms with Crippen LogP contribution in [0.1, 0.15) is 23.6 Å². The number of halogens is 3. The standard InChI is InChI=1S/C24H21Br2FN2O3/c1-2-31-22-12-18(14-28-29-23(30)13-16-3-7-19(25)8-4-16)11-21(26)24(22)32-15-17-5-9-20(27)10-6-17/h3-12,14H,2,13,15H2,1H3,(H,29,30)/b28-14-. The van der Waals surface area contributed by atoms with Crippen molar-refractivity contribution in [2.45, 2.75) is 20.0 Å². The van der Waals surface area contributed by atoms with Crippen LogP contribution in [0.15, 0.2) is 74.7 Å². The largest absolute Gasteiger partial charge is 0.490 e. The number of hydrazone groups is 1. The van der Waals surface area contributed by atoms with E-state index >= 15 is 0 Å². The average Bonchev–Trinajstić information content (AvgIpc) is 2.76. The number of benzene rings is 3. The molecule has 0 saturated heterocycles. The molecule has 0 aliphatic rings. The van der Waals surface area contributed by atoms with E-state index < -0.39 is 0 Å². The van der Waals surface area contributed by atoms with Crippen molar-refractivity contribution in [2.75, 3.05) is 6.61 Å². The fraction of sp³-hybridized carbons (Fsp3) is 0.167. The quantitative estimate of drug-likeness (QED) is 0.256. The van der Waals surface area contributed by atoms with Crippen molar-refractivity contribution in [1.29, 1.82) is 0 Å². The Kier molecular flexibility index (Phi) is 8.81. The average molecular weight is 564 g/mol. The Bertz CT molecular complexity index is 1090. The Morgan fingerprint density at radius 1 is 1.03 bits per heavy atom. The summed E-state index contributed by atoms with van der Waals surface area (Å²) in [5.41, 5.74) is 4.98. The second-order valence-electron chi connectivity index (χ2n) is 6.77. The van der Waals surface area contributed by atoms with Crippen LogP contribution >= 0.6 is 31.9 Å². The van der Waals surface area contributed by atoms with E-state index in [1.165, 1.54) is 18.3 Å². The predicted octanol–water partition coefficient (Wildman–Crippen LogP) is 6.02. The van der Waals surface area contributed by atoms with Crippen molar-refractivity contribution < 1.29 is 18.7 Å². The molecule has 166 valence electrons. The minimum atomic E-state index is -0.294. The lowest BCUT2D eigenvalue weighted by atomic mass is 10.1. The van der Waals surface area contributed by atoms with Crippen molar-refractivity contribution in [1.82, 2.24) is 5.43 Å². The fourth-order valence-corrected chi connectivity index (χ4v) is 3.65. The van der Waals surface area contributed by atoms with Crippen LogP contribution in [-0.4, -0.2) is 18.7 Å². The first-order valence-electron chi connectivity index (χ1n) is 9.84. The van der Waals surface area contributed by atoms with Gasteiger partial charge in [-0.15, -0.1) is 0 Å². The van der Waals surface area contributed by atoms with Crippen LogP contribution in [0.25, 0.3) is 0 Å². The van der Waals surface area contributed by atoms with Gasteiger partial charge >= 0.3 is 0 Å². The van der Waals surface area contributed by atoms with Gasteiger partial charge in [-0.25, -0.2) is 9.82 Å². The molecule has 3 aromatic rings. The molecule has 1 amide bonds. The zero-order valence-electron chi connectivity index (χ0n) is 17.3. The van der Waals surface area contributed by atoms with E-state index in [2.05, 4.69) is 42.4 Å². The first-order chi connectivity index (χ1) is 15.4. The molecule has 0 unspecified atom stereocenters. The van der Waals surface area contributed by atoms with Crippen molar-refractivity contribution in [3.8, 4) is 11.5 Å². The van der Waals surface area contributed by atoms with Crippen molar-refractivity contribution in [2.24, 2.45) is 5.10 Å². The van der Waals surface area contributed by atoms with E-state index in [9.17, 15) is 9.18 Å². The lowest BCUT2D eigenvalue weighted by Crippen LogP contribution is -2.19. The van der Waals surface area contributed by atoms with Crippen molar-refractivity contribution in [3.63, 3.8) is 0 Å². The third-order valence-electron chi connectivity index (χ3n) is 4.31. The van der Waals surface area contributed by atoms with Gasteiger partial charge in [-0.05, 0) is 75.9 Å². The number of rotatable bonds is 9. The summed E-state index contributed by atoms with van der Waals surface area (Å²) in [6.07, 6.45) is 1.77. The summed E-state index contributed by atoms with van der Waals surface area (Å²) < 4.78 is 26.3. The molecule has 0 heterocycles. The highest BCUT2D eigenvalue weighted by molar-refractivity contribution is 9.10. The summed E-state index contributed by atoms with van der Waals surface area (Å²) >= 11 is 6.88. The summed E-state index contributed by atoms with van der Waals surface area (Å²) in [4.78, 5) is 12.1. The maximum Gasteiger partial charge on any atom is 0.244 e. The van der Waals surface area contributed by atoms with Crippen molar-refractivity contribution >= 4 is 44.0 Å². The highest BCUT2D eigenvalue weighted by Gasteiger charge is 2.12. The molecule has 5 nitrogen and oxygen atoms in total. The van der Waals surface area contributed by atoms with E-state index in [0.717, 1.165) is 21.2 Å². The minimum Gasteiger partial charge on any atom is -0.490 e. The zero-order valence-corrected chi connectivity index (χ0v) is 20.5. The number of nitrogens with one attached hydrogen (secondary N) is 1. The van der Waals surface area contributed by atoms with Gasteiger partial charge in [-0.1, -0.05) is 40.2 Å². The van der Waals surface area contributed by atoms with Crippen LogP contribution in [0, 0.1) is 5.82 Å². The van der Waals surface area contributed by atoms with Gasteiger partial charge in [0.25, 0.3) is 0 Å². The van der Waals surface area contributed by atoms with Crippen LogP contribution in [0.4, 0.5) is 4.39 Å². The Hall–Kier alpha value is -2.71. The number of carbonyl (C=O) groups is 1. The SMILES string of the molecule is CCOc1cc(/C=N\NC(=O)Cc2ccc(Br)cc2)cc(Br)c1OCc1ccc(F)cc1. The molecule has 0 bridgehead atoms. The fourth-order valence-electron chi connectivity index (χ4n) is 2.81. The molecule has 0 spiro atoms. The number of nitrogens with zero attached hydrogens (tertiary/aromatic N) is 1. The second-order valence-corrected chi connectivity index (χ2v) is 8.54. The van der Waals surface area contributed by atoms with Gasteiger partial charge in [-0.2, -0.15) is 5.10 Å². The minimum absolute atomic E-state index is 0.216. The number of hydrogen-bond donors (Lipinski definition) is 1. The molecule has 3 rings (SSSR count). The molecule has 0 saturated carbocycles. The van der Waals surface area contributed by atoms with Crippen LogP contribution in [0.3, 0.4) is 0 Å². The summed E-state index contributed by atoms with van der Waals surface area (Å²) in [6.45, 7) is 2.59. The number of hydrogen-bond acceptors (Lipinski definition) is 4. The van der Waals surface area contributed by atoms with Gasteiger partial charge < -0.3 is 9.47 Å². The van der Waals surface area contributed by atoms with Gasteiger partial charge in [-0.3, -0.25) is 4.79 Å². The van der Waals surface area contributed by atoms with Gasteiger partial charge in [0.2, 0.25) is 5.91 Å². The van der Waals surface area contributed by atoms with Gasteiger partial charge in [0.15, 0.2) is 11.5 Å². The van der Waals surface area contributed by atoms with Crippen molar-refractivity contribution in [3.05, 3.63) is 92.1 Å². The van der Waals surface area contributed by atoms with E-state index in [0.29, 0.717) is 22.6 Å². The number of ether oxygens (including phenoxy) is 2. The molecule has 0 fully saturated rings. The molecular weight excluding hydrogens is 543 g/mol. The Morgan fingerprint density at radius 3 is 2.41 bits per heavy atom. The van der Waals surface area contributed by atoms with Crippen LogP contribution in [0.5, 0.6) is 11.5 Å². The first kappa shape index (κ1) is 23.9. The van der Waals surface area contributed by atoms with Crippen LogP contribution in [-0.2, 0) is 17.8 Å². The summed E-state index contributed by atoms with van der Waals surface area (Å²) in [5, 5.41) is 4.04. The third-order valence-corrected chi connectivity index (χ3v) is 5.43. The number of amides is 1. The topological polar surface area (TPSA) is 59.9 Å². The van der Waals surface area contributed by atoms with Gasteiger partial charge in [0.1, 0.15) is 12.4 Å². The van der Waals surface area contributed by atoms with Crippen LogP contribution in [0.2, 0.25) is 0 Å². The van der Waals surface area contributed by atoms with Gasteiger partial charge in [0.05, 0.1) is 23.7 Å². The van der Waals surface area contributed by atoms with Gasteiger partial charge in [0, 0.05) is 4.47 Å². The highest BCUT2D eigenvalue weighted by atomic mass is 79.9. The zero-order chi connectivity index (χ0) is 22.9. The Morgan fingerprint density at radius 2 is 1.72 bits per heavy atom. The Labute approximate surface area is 202 Å². The molecule has 0 aliphatic heterocycles. The molecule has 0 atom stereocenters. The first-order valence-corrected chi connectivity index (χ1v) is 11.4. The molecule has 0 aromatic heterocycles. The van der Waals surface area contributed by atoms with E-state index in [4.69, 9.17) is 9.47 Å². The van der Waals surface area contributed by atoms with Crippen LogP contribution < -0.4 is 14.9 Å². The molecule has 3 aromatic carbocycles. The molecule has 1 N–H and O–H groups in total. The monoisotopic (exact) mass is 562 g/mol. The second kappa shape index (κ2) is 11.8. The maximum absolute atomic E-state index is 13.1. The van der Waals surface area contributed by atoms with E-state index in [1.807, 2.05) is 37.3 Å². The lowest BCUT2D eigenvalue weighted by Gasteiger charge is -2.14. The maximum atomic E-state index is 13.1. The highest BCUT2D eigenvalue weighted by Crippen LogP contribution is 2.37. The molecular formula is C24H21Br2FN2O3. The van der Waals surface area contributed by atoms with E-state index in [-0.39, 0.29) is 24.8 Å². The summed E-state index contributed by atoms with van der Waals surface area (Å²) in [6, 6.07) is 17.2. The summed E-state index contributed by atoms with van der Waals surface area (Å²) in [5.74, 6) is 0.559. The molecule has 8 heteroatoms. The molecule has 0 radical (unpaired) electrons. The smallest absolute Gasteiger partial charge is 0.244 e. The molecule has 32 heavy (non-hydrogen) atoms. The third kappa shape index (κ3) is 7.17. The summed E-state index contributed by atoms with van der Waals surface area (Å²) in [7, 11) is 0. The number of carbonyl (C=O) groups excluding carboxylic acids is 1. The Balaban J connectivity index is 1.65. The molecule has 0 aliphatic carbocycles. The lowest BCUT2D eigenvalue weighted by molar-refractivity contribution is -0.120. The normalized spacial score (nSPS) is 10.9.